The number of unbranched alkanes of at least 4 members (excludes halogenated alkanes) is 4. The summed E-state index contributed by atoms with van der Waals surface area (Å²) < 4.78 is 3.51. The molecule has 0 aliphatic heterocycles. The number of rotatable bonds is 8. The van der Waals surface area contributed by atoms with Gasteiger partial charge in [-0.3, -0.25) is 9.59 Å². The minimum absolute atomic E-state index is 0.0801. The van der Waals surface area contributed by atoms with Crippen molar-refractivity contribution in [3.05, 3.63) is 46.8 Å². The summed E-state index contributed by atoms with van der Waals surface area (Å²) in [6, 6.07) is 7.09. The molecule has 0 amide bonds. The van der Waals surface area contributed by atoms with Crippen LogP contribution < -0.4 is 4.68 Å². The van der Waals surface area contributed by atoms with E-state index in [1.807, 2.05) is 12.1 Å². The third-order valence-corrected chi connectivity index (χ3v) is 4.75. The Morgan fingerprint density at radius 1 is 0.920 bits per heavy atom. The first-order valence-corrected chi connectivity index (χ1v) is 9.38. The maximum Gasteiger partial charge on any atom is 0.249 e. The van der Waals surface area contributed by atoms with Gasteiger partial charge < -0.3 is 0 Å². The van der Waals surface area contributed by atoms with Gasteiger partial charge in [0, 0.05) is 11.1 Å². The van der Waals surface area contributed by atoms with E-state index in [4.69, 9.17) is 0 Å². The maximum absolute atomic E-state index is 13.0. The lowest BCUT2D eigenvalue weighted by Crippen LogP contribution is -2.43. The first-order valence-electron chi connectivity index (χ1n) is 9.38. The van der Waals surface area contributed by atoms with Gasteiger partial charge in [0.2, 0.25) is 23.0 Å². The number of aromatic nitrogens is 3. The van der Waals surface area contributed by atoms with Gasteiger partial charge in [-0.15, -0.1) is 9.36 Å². The largest absolute Gasteiger partial charge is 0.284 e. The molecule has 25 heavy (non-hydrogen) atoms. The smallest absolute Gasteiger partial charge is 0.249 e. The lowest BCUT2D eigenvalue weighted by atomic mass is 9.90. The van der Waals surface area contributed by atoms with Crippen molar-refractivity contribution < 1.29 is 14.3 Å². The molecular formula is C20H26N3O2+. The van der Waals surface area contributed by atoms with Crippen molar-refractivity contribution in [1.82, 2.24) is 9.90 Å². The van der Waals surface area contributed by atoms with Crippen LogP contribution in [0.1, 0.15) is 84.5 Å². The van der Waals surface area contributed by atoms with Gasteiger partial charge in [0.25, 0.3) is 0 Å². The topological polar surface area (TPSA) is 55.8 Å². The minimum Gasteiger partial charge on any atom is -0.284 e. The Morgan fingerprint density at radius 2 is 1.56 bits per heavy atom. The van der Waals surface area contributed by atoms with E-state index in [9.17, 15) is 9.59 Å². The number of nitrogens with zero attached hydrogens (tertiary/aromatic N) is 3. The standard InChI is InChI=1S/C20H26N3O2/c1-3-5-9-13-22-17-18(23(21-22)14-10-6-4-2)20(25)16-12-8-7-11-15(16)19(17)24/h7-8,11-12H,3-6,9-10,13-14H2,1-2H3/q+1. The van der Waals surface area contributed by atoms with Crippen LogP contribution in [0.3, 0.4) is 0 Å². The molecule has 0 atom stereocenters. The van der Waals surface area contributed by atoms with Crippen molar-refractivity contribution in [1.29, 1.82) is 0 Å². The summed E-state index contributed by atoms with van der Waals surface area (Å²) >= 11 is 0. The van der Waals surface area contributed by atoms with Crippen molar-refractivity contribution in [2.45, 2.75) is 65.5 Å². The molecule has 1 aromatic carbocycles. The van der Waals surface area contributed by atoms with E-state index in [0.29, 0.717) is 35.6 Å². The van der Waals surface area contributed by atoms with Crippen LogP contribution >= 0.6 is 0 Å². The average molecular weight is 340 g/mol. The molecule has 0 saturated heterocycles. The fraction of sp³-hybridized carbons (Fsp3) is 0.500. The highest BCUT2D eigenvalue weighted by molar-refractivity contribution is 6.26. The molecule has 0 saturated carbocycles. The molecule has 3 rings (SSSR count). The maximum atomic E-state index is 13.0. The second kappa shape index (κ2) is 7.72. The normalized spacial score (nSPS) is 13.0. The summed E-state index contributed by atoms with van der Waals surface area (Å²) in [7, 11) is 0. The molecule has 0 bridgehead atoms. The Hall–Kier alpha value is -2.30. The van der Waals surface area contributed by atoms with Crippen LogP contribution in [0.2, 0.25) is 0 Å². The zero-order valence-corrected chi connectivity index (χ0v) is 15.1. The Morgan fingerprint density at radius 3 is 2.24 bits per heavy atom. The summed E-state index contributed by atoms with van der Waals surface area (Å²) in [5, 5.41) is 4.61. The Bertz CT molecular complexity index is 729. The van der Waals surface area contributed by atoms with Crippen LogP contribution in [-0.4, -0.2) is 21.5 Å². The van der Waals surface area contributed by atoms with Crippen LogP contribution in [0.15, 0.2) is 24.3 Å². The molecule has 1 aliphatic carbocycles. The van der Waals surface area contributed by atoms with Crippen LogP contribution in [0, 0.1) is 0 Å². The molecule has 1 aromatic heterocycles. The number of hydrogen-bond donors (Lipinski definition) is 0. The van der Waals surface area contributed by atoms with Crippen molar-refractivity contribution in [3.63, 3.8) is 0 Å². The highest BCUT2D eigenvalue weighted by atomic mass is 16.1. The van der Waals surface area contributed by atoms with Gasteiger partial charge >= 0.3 is 0 Å². The van der Waals surface area contributed by atoms with E-state index < -0.39 is 0 Å². The van der Waals surface area contributed by atoms with Gasteiger partial charge in [-0.05, 0) is 25.7 Å². The number of fused-ring (bicyclic) bond motifs is 2. The first-order chi connectivity index (χ1) is 12.2. The number of hydrogen-bond acceptors (Lipinski definition) is 3. The Kier molecular flexibility index (Phi) is 5.41. The van der Waals surface area contributed by atoms with E-state index in [-0.39, 0.29) is 11.6 Å². The summed E-state index contributed by atoms with van der Waals surface area (Å²) in [6.07, 6.45) is 6.31. The zero-order chi connectivity index (χ0) is 17.8. The summed E-state index contributed by atoms with van der Waals surface area (Å²) in [6.45, 7) is 5.65. The molecule has 0 spiro atoms. The molecule has 132 valence electrons. The third-order valence-electron chi connectivity index (χ3n) is 4.75. The van der Waals surface area contributed by atoms with Crippen LogP contribution in [0.4, 0.5) is 0 Å². The van der Waals surface area contributed by atoms with Crippen LogP contribution in [0.5, 0.6) is 0 Å². The van der Waals surface area contributed by atoms with Gasteiger partial charge in [-0.2, -0.15) is 0 Å². The number of carbonyl (C=O) groups excluding carboxylic acids is 2. The van der Waals surface area contributed by atoms with E-state index in [1.165, 1.54) is 0 Å². The van der Waals surface area contributed by atoms with Crippen molar-refractivity contribution >= 4 is 11.6 Å². The fourth-order valence-corrected chi connectivity index (χ4v) is 3.38. The Labute approximate surface area is 148 Å². The second-order valence-corrected chi connectivity index (χ2v) is 6.65. The molecule has 0 fully saturated rings. The first kappa shape index (κ1) is 17.5. The Balaban J connectivity index is 2.03. The van der Waals surface area contributed by atoms with Gasteiger partial charge in [0.05, 0.1) is 5.21 Å². The molecule has 2 aromatic rings. The van der Waals surface area contributed by atoms with Gasteiger partial charge in [0.1, 0.15) is 13.1 Å². The average Bonchev–Trinajstić information content (AvgIpc) is 2.99. The third kappa shape index (κ3) is 3.28. The SMILES string of the molecule is CCCCCn1n[n+](CCCCC)c2c1C(=O)c1ccccc1C2=O. The van der Waals surface area contributed by atoms with E-state index in [0.717, 1.165) is 38.5 Å². The minimum atomic E-state index is -0.0801. The van der Waals surface area contributed by atoms with Gasteiger partial charge in [0.15, 0.2) is 0 Å². The molecule has 1 aliphatic rings. The lowest BCUT2D eigenvalue weighted by molar-refractivity contribution is -0.757. The molecule has 0 unspecified atom stereocenters. The predicted molar refractivity (Wildman–Crippen MR) is 94.8 cm³/mol. The number of carbonyl (C=O) groups is 2. The van der Waals surface area contributed by atoms with Crippen molar-refractivity contribution in [2.75, 3.05) is 0 Å². The molecule has 5 nitrogen and oxygen atoms in total. The molecule has 0 radical (unpaired) electrons. The lowest BCUT2D eigenvalue weighted by Gasteiger charge is -2.11. The van der Waals surface area contributed by atoms with E-state index in [1.54, 1.807) is 21.5 Å². The highest BCUT2D eigenvalue weighted by Gasteiger charge is 2.42. The highest BCUT2D eigenvalue weighted by Crippen LogP contribution is 2.25. The monoisotopic (exact) mass is 340 g/mol. The van der Waals surface area contributed by atoms with E-state index in [2.05, 4.69) is 19.1 Å². The summed E-state index contributed by atoms with van der Waals surface area (Å²) in [5.74, 6) is -0.160. The second-order valence-electron chi connectivity index (χ2n) is 6.65. The fourth-order valence-electron chi connectivity index (χ4n) is 3.38. The number of aryl methyl sites for hydroxylation is 2. The molecule has 1 heterocycles. The molecule has 0 N–H and O–H groups in total. The molecule has 5 heteroatoms. The predicted octanol–water partition coefficient (Wildman–Crippen LogP) is 3.33. The quantitative estimate of drug-likeness (QED) is 0.467. The van der Waals surface area contributed by atoms with Crippen molar-refractivity contribution in [2.24, 2.45) is 0 Å². The van der Waals surface area contributed by atoms with Crippen molar-refractivity contribution in [3.8, 4) is 0 Å². The molecular weight excluding hydrogens is 314 g/mol. The summed E-state index contributed by atoms with van der Waals surface area (Å²) in [4.78, 5) is 26.0. The van der Waals surface area contributed by atoms with Gasteiger partial charge in [-0.25, -0.2) is 0 Å². The summed E-state index contributed by atoms with van der Waals surface area (Å²) in [5.41, 5.74) is 1.93. The number of ketones is 2. The van der Waals surface area contributed by atoms with Crippen LogP contribution in [-0.2, 0) is 13.1 Å². The van der Waals surface area contributed by atoms with E-state index >= 15 is 0 Å². The van der Waals surface area contributed by atoms with Gasteiger partial charge in [-0.1, -0.05) is 51.0 Å². The number of benzene rings is 1. The van der Waals surface area contributed by atoms with Crippen LogP contribution in [0.25, 0.3) is 0 Å². The zero-order valence-electron chi connectivity index (χ0n) is 15.1.